The van der Waals surface area contributed by atoms with E-state index in [9.17, 15) is 18.1 Å². The summed E-state index contributed by atoms with van der Waals surface area (Å²) in [6, 6.07) is 0. The topological polar surface area (TPSA) is 83.8 Å². The van der Waals surface area contributed by atoms with Crippen LogP contribution in [0.15, 0.2) is 0 Å². The number of fused-ring (bicyclic) bond motifs is 5. The van der Waals surface area contributed by atoms with Gasteiger partial charge in [-0.05, 0) is 110 Å². The van der Waals surface area contributed by atoms with Crippen molar-refractivity contribution in [1.29, 1.82) is 0 Å². The molecule has 0 aliphatic heterocycles. The van der Waals surface area contributed by atoms with E-state index in [4.69, 9.17) is 4.18 Å². The van der Waals surface area contributed by atoms with Gasteiger partial charge in [-0.1, -0.05) is 47.5 Å². The molecule has 33 heavy (non-hydrogen) atoms. The standard InChI is InChI=1S/C27H48O5S/c1-17(2)24(32-33(29,30)31)12-9-18(3)20-10-11-21-25-22(13-15-27(20,21)5)26(4)14-7-6-8-19(26)16-23(25)28/h17-25,28H,6-16H2,1-5H3,(H,29,30,31)/t18-,19-,20-,21+,22+,23-,24-,25+,26+,27-/m1/s1. The van der Waals surface area contributed by atoms with Gasteiger partial charge in [0.1, 0.15) is 0 Å². The summed E-state index contributed by atoms with van der Waals surface area (Å²) >= 11 is 0. The van der Waals surface area contributed by atoms with Crippen LogP contribution in [0.1, 0.15) is 105 Å². The number of aliphatic hydroxyl groups is 1. The van der Waals surface area contributed by atoms with Crippen LogP contribution >= 0.6 is 0 Å². The molecule has 0 spiro atoms. The van der Waals surface area contributed by atoms with Crippen LogP contribution in [0.4, 0.5) is 0 Å². The maximum absolute atomic E-state index is 11.4. The Bertz CT molecular complexity index is 796. The van der Waals surface area contributed by atoms with E-state index >= 15 is 0 Å². The molecular weight excluding hydrogens is 436 g/mol. The molecule has 192 valence electrons. The SMILES string of the molecule is CC(C)[C@@H](CC[C@@H](C)[C@H]1CC[C@H]2[C@@H]3[C@H](O)C[C@H]4CCCC[C@]4(C)[C@H]3CC[C@]12C)OS(=O)(=O)O. The molecule has 0 unspecified atom stereocenters. The van der Waals surface area contributed by atoms with E-state index < -0.39 is 16.5 Å². The Hall–Kier alpha value is -0.170. The third kappa shape index (κ3) is 4.80. The van der Waals surface area contributed by atoms with Gasteiger partial charge in [-0.15, -0.1) is 0 Å². The molecule has 4 rings (SSSR count). The molecule has 0 aromatic rings. The smallest absolute Gasteiger partial charge is 0.393 e. The van der Waals surface area contributed by atoms with E-state index in [1.165, 1.54) is 51.4 Å². The Morgan fingerprint density at radius 2 is 1.64 bits per heavy atom. The Kier molecular flexibility index (Phi) is 7.35. The van der Waals surface area contributed by atoms with Crippen molar-refractivity contribution in [3.63, 3.8) is 0 Å². The molecule has 4 aliphatic carbocycles. The van der Waals surface area contributed by atoms with E-state index in [1.54, 1.807) is 0 Å². The predicted molar refractivity (Wildman–Crippen MR) is 131 cm³/mol. The summed E-state index contributed by atoms with van der Waals surface area (Å²) in [4.78, 5) is 0. The lowest BCUT2D eigenvalue weighted by Crippen LogP contribution is -2.57. The molecule has 0 aromatic heterocycles. The van der Waals surface area contributed by atoms with Crippen molar-refractivity contribution in [3.05, 3.63) is 0 Å². The molecule has 0 radical (unpaired) electrons. The highest BCUT2D eigenvalue weighted by Crippen LogP contribution is 2.68. The van der Waals surface area contributed by atoms with Gasteiger partial charge < -0.3 is 5.11 Å². The van der Waals surface area contributed by atoms with Crippen LogP contribution in [-0.2, 0) is 14.6 Å². The van der Waals surface area contributed by atoms with Crippen molar-refractivity contribution in [2.24, 2.45) is 52.3 Å². The summed E-state index contributed by atoms with van der Waals surface area (Å²) in [5.41, 5.74) is 0.682. The molecule has 4 saturated carbocycles. The lowest BCUT2D eigenvalue weighted by atomic mass is 9.44. The summed E-state index contributed by atoms with van der Waals surface area (Å²) in [5.74, 6) is 3.54. The van der Waals surface area contributed by atoms with Crippen LogP contribution in [0.25, 0.3) is 0 Å². The largest absolute Gasteiger partial charge is 0.397 e. The van der Waals surface area contributed by atoms with Gasteiger partial charge in [-0.25, -0.2) is 4.18 Å². The van der Waals surface area contributed by atoms with E-state index in [0.29, 0.717) is 47.3 Å². The van der Waals surface area contributed by atoms with Crippen molar-refractivity contribution >= 4 is 10.4 Å². The van der Waals surface area contributed by atoms with Crippen LogP contribution in [0, 0.1) is 52.3 Å². The van der Waals surface area contributed by atoms with Gasteiger partial charge in [0.15, 0.2) is 0 Å². The number of rotatable bonds is 7. The van der Waals surface area contributed by atoms with Gasteiger partial charge >= 0.3 is 10.4 Å². The van der Waals surface area contributed by atoms with Gasteiger partial charge in [0.25, 0.3) is 0 Å². The van der Waals surface area contributed by atoms with Crippen LogP contribution in [0.3, 0.4) is 0 Å². The van der Waals surface area contributed by atoms with Crippen LogP contribution < -0.4 is 0 Å². The molecule has 4 fully saturated rings. The maximum atomic E-state index is 11.4. The average molecular weight is 485 g/mol. The fourth-order valence-electron chi connectivity index (χ4n) is 9.51. The first-order chi connectivity index (χ1) is 15.4. The average Bonchev–Trinajstić information content (AvgIpc) is 3.07. The Morgan fingerprint density at radius 3 is 2.30 bits per heavy atom. The number of hydrogen-bond donors (Lipinski definition) is 2. The molecule has 0 saturated heterocycles. The summed E-state index contributed by atoms with van der Waals surface area (Å²) in [6.07, 6.45) is 12.2. The minimum Gasteiger partial charge on any atom is -0.393 e. The van der Waals surface area contributed by atoms with Crippen molar-refractivity contribution < 1.29 is 22.3 Å². The van der Waals surface area contributed by atoms with Gasteiger partial charge in [0, 0.05) is 0 Å². The van der Waals surface area contributed by atoms with E-state index in [-0.39, 0.29) is 17.4 Å². The normalized spacial score (nSPS) is 45.2. The van der Waals surface area contributed by atoms with Gasteiger partial charge in [-0.2, -0.15) is 8.42 Å². The highest BCUT2D eigenvalue weighted by Gasteiger charge is 2.62. The maximum Gasteiger partial charge on any atom is 0.397 e. The van der Waals surface area contributed by atoms with Crippen molar-refractivity contribution in [2.45, 2.75) is 117 Å². The lowest BCUT2D eigenvalue weighted by molar-refractivity contribution is -0.164. The van der Waals surface area contributed by atoms with Crippen LogP contribution in [-0.4, -0.2) is 30.3 Å². The summed E-state index contributed by atoms with van der Waals surface area (Å²) < 4.78 is 36.7. The summed E-state index contributed by atoms with van der Waals surface area (Å²) in [5, 5.41) is 11.4. The highest BCUT2D eigenvalue weighted by atomic mass is 32.3. The fraction of sp³-hybridized carbons (Fsp3) is 1.00. The number of hydrogen-bond acceptors (Lipinski definition) is 4. The summed E-state index contributed by atoms with van der Waals surface area (Å²) in [6.45, 7) is 11.3. The zero-order chi connectivity index (χ0) is 24.2. The monoisotopic (exact) mass is 484 g/mol. The molecule has 10 atom stereocenters. The molecule has 0 aromatic carbocycles. The predicted octanol–water partition coefficient (Wildman–Crippen LogP) is 6.27. The minimum absolute atomic E-state index is 0.0306. The van der Waals surface area contributed by atoms with Crippen molar-refractivity contribution in [3.8, 4) is 0 Å². The minimum atomic E-state index is -4.43. The number of aliphatic hydroxyl groups excluding tert-OH is 1. The first-order valence-electron chi connectivity index (χ1n) is 13.7. The van der Waals surface area contributed by atoms with Crippen molar-refractivity contribution in [2.75, 3.05) is 0 Å². The third-order valence-corrected chi connectivity index (χ3v) is 11.7. The fourth-order valence-corrected chi connectivity index (χ4v) is 10.1. The van der Waals surface area contributed by atoms with E-state index in [0.717, 1.165) is 12.8 Å². The Labute approximate surface area is 202 Å². The van der Waals surface area contributed by atoms with Crippen LogP contribution in [0.2, 0.25) is 0 Å². The molecule has 5 nitrogen and oxygen atoms in total. The second-order valence-electron chi connectivity index (χ2n) is 13.1. The summed E-state index contributed by atoms with van der Waals surface area (Å²) in [7, 11) is -4.43. The molecule has 2 N–H and O–H groups in total. The molecule has 0 heterocycles. The molecule has 0 amide bonds. The van der Waals surface area contributed by atoms with E-state index in [2.05, 4.69) is 20.8 Å². The van der Waals surface area contributed by atoms with Gasteiger partial charge in [0.05, 0.1) is 12.2 Å². The van der Waals surface area contributed by atoms with Gasteiger partial charge in [-0.3, -0.25) is 4.55 Å². The zero-order valence-corrected chi connectivity index (χ0v) is 22.3. The highest BCUT2D eigenvalue weighted by molar-refractivity contribution is 7.80. The van der Waals surface area contributed by atoms with Gasteiger partial charge in [0.2, 0.25) is 0 Å². The first kappa shape index (κ1) is 25.9. The molecule has 0 bridgehead atoms. The third-order valence-electron chi connectivity index (χ3n) is 11.3. The Balaban J connectivity index is 1.47. The second-order valence-corrected chi connectivity index (χ2v) is 14.2. The van der Waals surface area contributed by atoms with Crippen molar-refractivity contribution in [1.82, 2.24) is 0 Å². The second kappa shape index (κ2) is 9.37. The molecule has 6 heteroatoms. The molecular formula is C27H48O5S. The quantitative estimate of drug-likeness (QED) is 0.416. The van der Waals surface area contributed by atoms with Crippen LogP contribution in [0.5, 0.6) is 0 Å². The zero-order valence-electron chi connectivity index (χ0n) is 21.5. The lowest BCUT2D eigenvalue weighted by Gasteiger charge is -2.62. The Morgan fingerprint density at radius 1 is 0.939 bits per heavy atom. The first-order valence-corrected chi connectivity index (χ1v) is 15.1. The van der Waals surface area contributed by atoms with E-state index in [1.807, 2.05) is 13.8 Å². The molecule has 4 aliphatic rings.